The van der Waals surface area contributed by atoms with Crippen LogP contribution >= 0.6 is 0 Å². The Morgan fingerprint density at radius 2 is 1.12 bits per heavy atom. The molecule has 8 aromatic rings. The van der Waals surface area contributed by atoms with Gasteiger partial charge in [0.15, 0.2) is 5.58 Å². The van der Waals surface area contributed by atoms with Gasteiger partial charge in [0.05, 0.1) is 5.41 Å². The van der Waals surface area contributed by atoms with Gasteiger partial charge in [-0.3, -0.25) is 4.98 Å². The van der Waals surface area contributed by atoms with E-state index < -0.39 is 0 Å². The van der Waals surface area contributed by atoms with E-state index in [4.69, 9.17) is 9.40 Å². The lowest BCUT2D eigenvalue weighted by Crippen LogP contribution is -2.32. The topological polar surface area (TPSA) is 38.9 Å². The van der Waals surface area contributed by atoms with E-state index in [1.807, 2.05) is 12.3 Å². The van der Waals surface area contributed by atoms with Crippen LogP contribution in [0.4, 0.5) is 0 Å². The Bertz CT molecular complexity index is 2690. The van der Waals surface area contributed by atoms with Gasteiger partial charge in [0, 0.05) is 29.8 Å². The van der Waals surface area contributed by atoms with Gasteiger partial charge in [0.2, 0.25) is 5.89 Å². The van der Waals surface area contributed by atoms with E-state index in [1.165, 1.54) is 38.9 Å². The van der Waals surface area contributed by atoms with E-state index in [-0.39, 0.29) is 5.41 Å². The molecule has 0 fully saturated rings. The van der Waals surface area contributed by atoms with E-state index in [0.717, 1.165) is 44.5 Å². The highest BCUT2D eigenvalue weighted by molar-refractivity contribution is 5.88. The predicted molar refractivity (Wildman–Crippen MR) is 210 cm³/mol. The summed E-state index contributed by atoms with van der Waals surface area (Å²) in [5, 5.41) is 0. The maximum atomic E-state index is 6.45. The van der Waals surface area contributed by atoms with Crippen LogP contribution in [-0.4, -0.2) is 9.97 Å². The van der Waals surface area contributed by atoms with Gasteiger partial charge in [0.1, 0.15) is 5.52 Å². The average Bonchev–Trinajstić information content (AvgIpc) is 3.88. The van der Waals surface area contributed by atoms with Crippen LogP contribution in [0.15, 0.2) is 187 Å². The van der Waals surface area contributed by atoms with Gasteiger partial charge >= 0.3 is 0 Å². The van der Waals surface area contributed by atoms with Crippen molar-refractivity contribution in [3.05, 3.63) is 205 Å². The van der Waals surface area contributed by atoms with Crippen LogP contribution in [0.2, 0.25) is 0 Å². The summed E-state index contributed by atoms with van der Waals surface area (Å²) >= 11 is 0. The fraction of sp³-hybridized carbons (Fsp3) is 0.0612. The molecule has 0 saturated heterocycles. The highest BCUT2D eigenvalue weighted by Crippen LogP contribution is 2.65. The minimum Gasteiger partial charge on any atom is -0.436 e. The fourth-order valence-electron chi connectivity index (χ4n) is 9.21. The second-order valence-electron chi connectivity index (χ2n) is 14.1. The number of hydrogen-bond acceptors (Lipinski definition) is 3. The monoisotopic (exact) mass is 664 g/mol. The Balaban J connectivity index is 0.950. The second kappa shape index (κ2) is 11.2. The summed E-state index contributed by atoms with van der Waals surface area (Å²) in [6.07, 6.45) is 13.0. The molecule has 2 unspecified atom stereocenters. The summed E-state index contributed by atoms with van der Waals surface area (Å²) in [4.78, 5) is 9.14. The van der Waals surface area contributed by atoms with Crippen molar-refractivity contribution in [2.75, 3.05) is 0 Å². The van der Waals surface area contributed by atoms with Gasteiger partial charge < -0.3 is 4.42 Å². The third-order valence-corrected chi connectivity index (χ3v) is 11.5. The molecule has 3 aliphatic carbocycles. The van der Waals surface area contributed by atoms with Crippen LogP contribution in [0.1, 0.15) is 28.2 Å². The van der Waals surface area contributed by atoms with Crippen molar-refractivity contribution < 1.29 is 4.42 Å². The molecule has 3 nitrogen and oxygen atoms in total. The van der Waals surface area contributed by atoms with Crippen molar-refractivity contribution in [3.8, 4) is 56.0 Å². The lowest BCUT2D eigenvalue weighted by atomic mass is 9.65. The summed E-state index contributed by atoms with van der Waals surface area (Å²) in [6.45, 7) is 0. The molecule has 0 radical (unpaired) electrons. The molecule has 1 spiro atoms. The third kappa shape index (κ3) is 4.20. The molecular formula is C49H32N2O. The van der Waals surface area contributed by atoms with E-state index in [0.29, 0.717) is 17.7 Å². The first-order chi connectivity index (χ1) is 25.8. The van der Waals surface area contributed by atoms with Gasteiger partial charge in [-0.2, -0.15) is 0 Å². The molecule has 0 saturated carbocycles. The largest absolute Gasteiger partial charge is 0.436 e. The Labute approximate surface area is 302 Å². The molecule has 2 aromatic heterocycles. The molecule has 2 atom stereocenters. The zero-order valence-electron chi connectivity index (χ0n) is 28.3. The number of allylic oxidation sites excluding steroid dienone is 4. The second-order valence-corrected chi connectivity index (χ2v) is 14.1. The summed E-state index contributed by atoms with van der Waals surface area (Å²) in [5.74, 6) is 1.26. The van der Waals surface area contributed by atoms with Crippen LogP contribution < -0.4 is 0 Å². The number of hydrogen-bond donors (Lipinski definition) is 0. The van der Waals surface area contributed by atoms with Crippen molar-refractivity contribution >= 4 is 11.1 Å². The van der Waals surface area contributed by atoms with Crippen LogP contribution in [0, 0.1) is 5.92 Å². The Morgan fingerprint density at radius 3 is 1.83 bits per heavy atom. The summed E-state index contributed by atoms with van der Waals surface area (Å²) < 4.78 is 6.45. The van der Waals surface area contributed by atoms with Crippen LogP contribution in [0.3, 0.4) is 0 Å². The molecule has 3 aliphatic rings. The lowest BCUT2D eigenvalue weighted by molar-refractivity contribution is 0.465. The first kappa shape index (κ1) is 29.2. The van der Waals surface area contributed by atoms with Crippen LogP contribution in [0.5, 0.6) is 0 Å². The van der Waals surface area contributed by atoms with Crippen molar-refractivity contribution in [1.29, 1.82) is 0 Å². The fourth-order valence-corrected chi connectivity index (χ4v) is 9.21. The molecule has 0 bridgehead atoms. The number of fused-ring (bicyclic) bond motifs is 11. The standard InChI is InChI=1S/C49H32N2O/c1-4-12-42-38(9-1)39-10-2-5-13-43(39)49(42)44-14-6-3-11-40(44)41-25-23-35(28-45(41)49)36-24-26-46-47(29-36)52-48(51-46)34-21-19-32(20-22-34)31-15-17-33(18-16-31)37-8-7-27-50-30-37/h1-30,40,44H. The molecule has 0 N–H and O–H groups in total. The zero-order chi connectivity index (χ0) is 34.2. The summed E-state index contributed by atoms with van der Waals surface area (Å²) in [5.41, 5.74) is 17.6. The molecule has 52 heavy (non-hydrogen) atoms. The van der Waals surface area contributed by atoms with E-state index >= 15 is 0 Å². The molecule has 3 heteroatoms. The van der Waals surface area contributed by atoms with Gasteiger partial charge in [-0.25, -0.2) is 4.98 Å². The first-order valence-corrected chi connectivity index (χ1v) is 18.0. The minimum atomic E-state index is -0.248. The summed E-state index contributed by atoms with van der Waals surface area (Å²) in [7, 11) is 0. The molecule has 0 amide bonds. The van der Waals surface area contributed by atoms with Gasteiger partial charge in [-0.15, -0.1) is 0 Å². The lowest BCUT2D eigenvalue weighted by Gasteiger charge is -2.36. The molecule has 11 rings (SSSR count). The van der Waals surface area contributed by atoms with Gasteiger partial charge in [0.25, 0.3) is 0 Å². The number of pyridine rings is 1. The molecule has 0 aliphatic heterocycles. The Morgan fingerprint density at radius 1 is 0.500 bits per heavy atom. The number of aromatic nitrogens is 2. The van der Waals surface area contributed by atoms with Crippen molar-refractivity contribution in [2.45, 2.75) is 11.3 Å². The number of rotatable bonds is 4. The first-order valence-electron chi connectivity index (χ1n) is 18.0. The maximum Gasteiger partial charge on any atom is 0.227 e. The molecule has 6 aromatic carbocycles. The van der Waals surface area contributed by atoms with Gasteiger partial charge in [-0.05, 0) is 103 Å². The van der Waals surface area contributed by atoms with Crippen LogP contribution in [-0.2, 0) is 5.41 Å². The summed E-state index contributed by atoms with van der Waals surface area (Å²) in [6, 6.07) is 52.7. The highest BCUT2D eigenvalue weighted by atomic mass is 16.3. The van der Waals surface area contributed by atoms with Gasteiger partial charge in [-0.1, -0.05) is 133 Å². The van der Waals surface area contributed by atoms with E-state index in [2.05, 4.69) is 169 Å². The predicted octanol–water partition coefficient (Wildman–Crippen LogP) is 12.0. The van der Waals surface area contributed by atoms with Crippen molar-refractivity contribution in [1.82, 2.24) is 9.97 Å². The third-order valence-electron chi connectivity index (χ3n) is 11.5. The molecule has 244 valence electrons. The number of oxazole rings is 1. The normalized spacial score (nSPS) is 17.2. The smallest absolute Gasteiger partial charge is 0.227 e. The minimum absolute atomic E-state index is 0.248. The van der Waals surface area contributed by atoms with E-state index in [1.54, 1.807) is 6.20 Å². The van der Waals surface area contributed by atoms with Crippen LogP contribution in [0.25, 0.3) is 67.1 Å². The zero-order valence-corrected chi connectivity index (χ0v) is 28.3. The molecular weight excluding hydrogens is 633 g/mol. The SMILES string of the molecule is C1=CC2c3ccc(-c4ccc5nc(-c6ccc(-c7ccc(-c8cccnc8)cc7)cc6)oc5c4)cc3C3(c4ccccc4-c4ccccc43)C2C=C1. The Kier molecular flexibility index (Phi) is 6.29. The number of nitrogens with zero attached hydrogens (tertiary/aromatic N) is 2. The maximum absolute atomic E-state index is 6.45. The molecule has 2 heterocycles. The quantitative estimate of drug-likeness (QED) is 0.188. The average molecular weight is 665 g/mol. The van der Waals surface area contributed by atoms with E-state index in [9.17, 15) is 0 Å². The highest BCUT2D eigenvalue weighted by Gasteiger charge is 2.56. The van der Waals surface area contributed by atoms with Crippen molar-refractivity contribution in [3.63, 3.8) is 0 Å². The Hall–Kier alpha value is -6.58. The van der Waals surface area contributed by atoms with Crippen molar-refractivity contribution in [2.24, 2.45) is 5.92 Å². The number of benzene rings is 6.